The van der Waals surface area contributed by atoms with E-state index in [0.717, 1.165) is 23.2 Å². The Labute approximate surface area is 173 Å². The maximum Gasteiger partial charge on any atom is 0.271 e. The van der Waals surface area contributed by atoms with E-state index in [1.807, 2.05) is 36.4 Å². The standard InChI is InChI=1S/C18H22N4O5S2/c1-29(26,27)22-18-21-14(11-28-18)17(25)20-13(10-12-6-3-2-4-7-12)16(24)15(23)8-5-9-19/h2-4,6-7,11,13,15-16,23-24H,5,8,10H2,1H3,(H,20,25)(H,21,22). The molecule has 0 radical (unpaired) electrons. The van der Waals surface area contributed by atoms with Crippen molar-refractivity contribution < 1.29 is 23.4 Å². The Bertz CT molecular complexity index is 956. The molecular formula is C18H22N4O5S2. The Kier molecular flexibility index (Phi) is 8.10. The number of sulfonamides is 1. The van der Waals surface area contributed by atoms with Gasteiger partial charge >= 0.3 is 0 Å². The summed E-state index contributed by atoms with van der Waals surface area (Å²) in [7, 11) is -3.52. The van der Waals surface area contributed by atoms with Crippen LogP contribution in [0.5, 0.6) is 0 Å². The molecule has 156 valence electrons. The Morgan fingerprint density at radius 1 is 1.31 bits per heavy atom. The molecule has 0 saturated carbocycles. The third kappa shape index (κ3) is 7.43. The first-order valence-electron chi connectivity index (χ1n) is 8.71. The number of aliphatic hydroxyl groups is 2. The topological polar surface area (TPSA) is 152 Å². The van der Waals surface area contributed by atoms with Crippen molar-refractivity contribution in [3.63, 3.8) is 0 Å². The van der Waals surface area contributed by atoms with Crippen molar-refractivity contribution in [1.29, 1.82) is 5.26 Å². The Morgan fingerprint density at radius 3 is 2.62 bits per heavy atom. The van der Waals surface area contributed by atoms with E-state index in [1.165, 1.54) is 5.38 Å². The van der Waals surface area contributed by atoms with Crippen LogP contribution in [0.2, 0.25) is 0 Å². The minimum absolute atomic E-state index is 0.0158. The molecule has 29 heavy (non-hydrogen) atoms. The van der Waals surface area contributed by atoms with Crippen LogP contribution in [-0.4, -0.2) is 54.0 Å². The maximum absolute atomic E-state index is 12.6. The first kappa shape index (κ1) is 22.8. The molecule has 9 nitrogen and oxygen atoms in total. The predicted molar refractivity (Wildman–Crippen MR) is 109 cm³/mol. The van der Waals surface area contributed by atoms with Crippen molar-refractivity contribution in [2.24, 2.45) is 0 Å². The molecule has 3 atom stereocenters. The van der Waals surface area contributed by atoms with E-state index >= 15 is 0 Å². The van der Waals surface area contributed by atoms with Crippen molar-refractivity contribution >= 4 is 32.4 Å². The van der Waals surface area contributed by atoms with Crippen LogP contribution in [0.25, 0.3) is 0 Å². The lowest BCUT2D eigenvalue weighted by Gasteiger charge is -2.27. The van der Waals surface area contributed by atoms with E-state index in [-0.39, 0.29) is 30.1 Å². The minimum atomic E-state index is -3.52. The highest BCUT2D eigenvalue weighted by atomic mass is 32.2. The van der Waals surface area contributed by atoms with Crippen molar-refractivity contribution in [2.75, 3.05) is 11.0 Å². The largest absolute Gasteiger partial charge is 0.390 e. The maximum atomic E-state index is 12.6. The van der Waals surface area contributed by atoms with Gasteiger partial charge in [-0.3, -0.25) is 9.52 Å². The van der Waals surface area contributed by atoms with E-state index in [0.29, 0.717) is 0 Å². The van der Waals surface area contributed by atoms with Gasteiger partial charge in [0.1, 0.15) is 11.8 Å². The number of aliphatic hydroxyl groups excluding tert-OH is 2. The lowest BCUT2D eigenvalue weighted by atomic mass is 9.95. The normalized spacial score (nSPS) is 14.4. The fourth-order valence-electron chi connectivity index (χ4n) is 2.60. The predicted octanol–water partition coefficient (Wildman–Crippen LogP) is 0.881. The molecule has 0 fully saturated rings. The number of carbonyl (C=O) groups is 1. The van der Waals surface area contributed by atoms with Crippen LogP contribution in [0.15, 0.2) is 35.7 Å². The summed E-state index contributed by atoms with van der Waals surface area (Å²) in [4.78, 5) is 16.5. The number of rotatable bonds is 10. The molecule has 1 heterocycles. The van der Waals surface area contributed by atoms with Gasteiger partial charge in [-0.05, 0) is 18.4 Å². The first-order chi connectivity index (χ1) is 13.7. The number of hydrogen-bond donors (Lipinski definition) is 4. The third-order valence-electron chi connectivity index (χ3n) is 3.98. The highest BCUT2D eigenvalue weighted by Gasteiger charge is 2.29. The molecule has 2 rings (SSSR count). The lowest BCUT2D eigenvalue weighted by molar-refractivity contribution is -0.00646. The molecule has 3 unspecified atom stereocenters. The van der Waals surface area contributed by atoms with Gasteiger partial charge in [0.05, 0.1) is 24.5 Å². The number of hydrogen-bond acceptors (Lipinski definition) is 8. The number of thiazole rings is 1. The number of aromatic nitrogens is 1. The fourth-order valence-corrected chi connectivity index (χ4v) is 4.15. The van der Waals surface area contributed by atoms with Crippen LogP contribution in [0.1, 0.15) is 28.9 Å². The summed E-state index contributed by atoms with van der Waals surface area (Å²) in [6, 6.07) is 10.2. The van der Waals surface area contributed by atoms with Gasteiger partial charge in [-0.1, -0.05) is 30.3 Å². The van der Waals surface area contributed by atoms with Gasteiger partial charge < -0.3 is 15.5 Å². The summed E-state index contributed by atoms with van der Waals surface area (Å²) in [5.41, 5.74) is 0.819. The van der Waals surface area contributed by atoms with Crippen LogP contribution in [0.4, 0.5) is 5.13 Å². The van der Waals surface area contributed by atoms with E-state index < -0.39 is 34.2 Å². The first-order valence-corrected chi connectivity index (χ1v) is 11.5. The molecule has 0 bridgehead atoms. The number of nitriles is 1. The number of nitrogens with one attached hydrogen (secondary N) is 2. The zero-order valence-corrected chi connectivity index (χ0v) is 17.3. The Morgan fingerprint density at radius 2 is 2.00 bits per heavy atom. The van der Waals surface area contributed by atoms with Gasteiger partial charge in [0.15, 0.2) is 5.13 Å². The average molecular weight is 439 g/mol. The second-order valence-electron chi connectivity index (χ2n) is 6.44. The minimum Gasteiger partial charge on any atom is -0.390 e. The summed E-state index contributed by atoms with van der Waals surface area (Å²) in [6.45, 7) is 0. The van der Waals surface area contributed by atoms with Gasteiger partial charge in [-0.15, -0.1) is 11.3 Å². The number of amides is 1. The molecule has 1 aromatic heterocycles. The second-order valence-corrected chi connectivity index (χ2v) is 9.04. The Hall–Kier alpha value is -2.52. The number of carbonyl (C=O) groups excluding carboxylic acids is 1. The molecule has 0 aliphatic rings. The molecule has 1 aromatic carbocycles. The van der Waals surface area contributed by atoms with E-state index in [2.05, 4.69) is 15.0 Å². The van der Waals surface area contributed by atoms with Crippen molar-refractivity contribution in [3.8, 4) is 6.07 Å². The Balaban J connectivity index is 2.15. The monoisotopic (exact) mass is 438 g/mol. The summed E-state index contributed by atoms with van der Waals surface area (Å²) in [5, 5.41) is 33.5. The molecule has 0 aliphatic carbocycles. The van der Waals surface area contributed by atoms with E-state index in [4.69, 9.17) is 5.26 Å². The van der Waals surface area contributed by atoms with Crippen molar-refractivity contribution in [1.82, 2.24) is 10.3 Å². The summed E-state index contributed by atoms with van der Waals surface area (Å²) < 4.78 is 24.8. The third-order valence-corrected chi connectivity index (χ3v) is 5.43. The zero-order chi connectivity index (χ0) is 21.4. The summed E-state index contributed by atoms with van der Waals surface area (Å²) >= 11 is 0.951. The van der Waals surface area contributed by atoms with Crippen LogP contribution in [0, 0.1) is 11.3 Å². The van der Waals surface area contributed by atoms with Crippen molar-refractivity contribution in [2.45, 2.75) is 37.5 Å². The molecule has 0 spiro atoms. The molecule has 11 heteroatoms. The molecule has 0 saturated heterocycles. The average Bonchev–Trinajstić information content (AvgIpc) is 3.12. The van der Waals surface area contributed by atoms with Gasteiger partial charge in [-0.2, -0.15) is 5.26 Å². The SMILES string of the molecule is CS(=O)(=O)Nc1nc(C(=O)NC(Cc2ccccc2)C(O)C(O)CCC#N)cs1. The lowest BCUT2D eigenvalue weighted by Crippen LogP contribution is -2.49. The number of nitrogens with zero attached hydrogens (tertiary/aromatic N) is 2. The second kappa shape index (κ2) is 10.3. The molecular weight excluding hydrogens is 416 g/mol. The quantitative estimate of drug-likeness (QED) is 0.429. The highest BCUT2D eigenvalue weighted by Crippen LogP contribution is 2.18. The fraction of sp³-hybridized carbons (Fsp3) is 0.389. The number of anilines is 1. The molecule has 1 amide bonds. The molecule has 2 aromatic rings. The van der Waals surface area contributed by atoms with Crippen molar-refractivity contribution in [3.05, 3.63) is 47.0 Å². The smallest absolute Gasteiger partial charge is 0.271 e. The summed E-state index contributed by atoms with van der Waals surface area (Å²) in [5.74, 6) is -0.615. The van der Waals surface area contributed by atoms with E-state index in [1.54, 1.807) is 0 Å². The van der Waals surface area contributed by atoms with Crippen LogP contribution in [-0.2, 0) is 16.4 Å². The molecule has 0 aliphatic heterocycles. The van der Waals surface area contributed by atoms with Gasteiger partial charge in [-0.25, -0.2) is 13.4 Å². The van der Waals surface area contributed by atoms with Gasteiger partial charge in [0.25, 0.3) is 5.91 Å². The summed E-state index contributed by atoms with van der Waals surface area (Å²) in [6.07, 6.45) is -1.14. The zero-order valence-electron chi connectivity index (χ0n) is 15.6. The van der Waals surface area contributed by atoms with Crippen LogP contribution >= 0.6 is 11.3 Å². The number of benzene rings is 1. The highest BCUT2D eigenvalue weighted by molar-refractivity contribution is 7.92. The van der Waals surface area contributed by atoms with Crippen LogP contribution < -0.4 is 10.0 Å². The van der Waals surface area contributed by atoms with Gasteiger partial charge in [0.2, 0.25) is 10.0 Å². The molecule has 4 N–H and O–H groups in total. The van der Waals surface area contributed by atoms with Gasteiger partial charge in [0, 0.05) is 11.8 Å². The van der Waals surface area contributed by atoms with Crippen LogP contribution in [0.3, 0.4) is 0 Å². The van der Waals surface area contributed by atoms with E-state index in [9.17, 15) is 23.4 Å².